The van der Waals surface area contributed by atoms with Crippen LogP contribution in [0.15, 0.2) is 24.3 Å². The number of benzene rings is 1. The second kappa shape index (κ2) is 7.10. The van der Waals surface area contributed by atoms with Crippen molar-refractivity contribution in [1.29, 1.82) is 0 Å². The molecule has 2 fully saturated rings. The van der Waals surface area contributed by atoms with Crippen LogP contribution in [0.4, 0.5) is 4.79 Å². The van der Waals surface area contributed by atoms with E-state index in [0.717, 1.165) is 48.9 Å². The lowest BCUT2D eigenvalue weighted by atomic mass is 9.81. The van der Waals surface area contributed by atoms with Crippen molar-refractivity contribution in [2.24, 2.45) is 5.92 Å². The van der Waals surface area contributed by atoms with E-state index in [0.29, 0.717) is 12.1 Å². The summed E-state index contributed by atoms with van der Waals surface area (Å²) in [4.78, 5) is 28.4. The number of methoxy groups -OCH3 is 2. The van der Waals surface area contributed by atoms with Crippen molar-refractivity contribution >= 4 is 23.0 Å². The molecule has 0 spiro atoms. The van der Waals surface area contributed by atoms with Gasteiger partial charge in [-0.1, -0.05) is 25.1 Å². The molecule has 0 N–H and O–H groups in total. The molecule has 160 valence electrons. The summed E-state index contributed by atoms with van der Waals surface area (Å²) >= 11 is 0. The van der Waals surface area contributed by atoms with Crippen LogP contribution in [-0.4, -0.2) is 67.1 Å². The minimum Gasteiger partial charge on any atom is -0.469 e. The summed E-state index contributed by atoms with van der Waals surface area (Å²) in [5, 5.41) is 0.996. The Morgan fingerprint density at radius 3 is 2.77 bits per heavy atom. The third kappa shape index (κ3) is 2.79. The number of piperidine rings is 1. The van der Waals surface area contributed by atoms with Gasteiger partial charge in [-0.05, 0) is 30.9 Å². The van der Waals surface area contributed by atoms with Gasteiger partial charge in [0.15, 0.2) is 0 Å². The first kappa shape index (κ1) is 19.6. The molecule has 5 rings (SSSR count). The van der Waals surface area contributed by atoms with Gasteiger partial charge in [-0.15, -0.1) is 0 Å². The summed E-state index contributed by atoms with van der Waals surface area (Å²) in [5.41, 5.74) is 2.44. The molecule has 0 radical (unpaired) electrons. The van der Waals surface area contributed by atoms with Crippen LogP contribution >= 0.6 is 0 Å². The highest BCUT2D eigenvalue weighted by molar-refractivity contribution is 5.96. The lowest BCUT2D eigenvalue weighted by molar-refractivity contribution is -0.143. The Labute approximate surface area is 175 Å². The largest absolute Gasteiger partial charge is 0.469 e. The SMILES string of the molecule is CC[C@]12CN3CCc4c(n(C(=O)OC)c5ccccc45)[C@@H](C(=O)OC)C[C@@H](C3)[C@H]1O2. The van der Waals surface area contributed by atoms with Crippen molar-refractivity contribution in [3.63, 3.8) is 0 Å². The number of esters is 1. The van der Waals surface area contributed by atoms with E-state index in [1.807, 2.05) is 24.3 Å². The summed E-state index contributed by atoms with van der Waals surface area (Å²) in [7, 11) is 2.79. The van der Waals surface area contributed by atoms with E-state index in [9.17, 15) is 9.59 Å². The predicted octanol–water partition coefficient (Wildman–Crippen LogP) is 2.94. The Morgan fingerprint density at radius 2 is 2.03 bits per heavy atom. The number of aromatic nitrogens is 1. The molecule has 3 aliphatic heterocycles. The molecular weight excluding hydrogens is 384 g/mol. The predicted molar refractivity (Wildman–Crippen MR) is 111 cm³/mol. The Hall–Kier alpha value is -2.38. The Morgan fingerprint density at radius 1 is 1.23 bits per heavy atom. The number of hydrogen-bond donors (Lipinski definition) is 0. The topological polar surface area (TPSA) is 73.3 Å². The molecule has 1 aromatic heterocycles. The Balaban J connectivity index is 1.70. The van der Waals surface area contributed by atoms with Crippen LogP contribution in [0.25, 0.3) is 10.9 Å². The second-order valence-corrected chi connectivity index (χ2v) is 8.70. The van der Waals surface area contributed by atoms with Gasteiger partial charge in [0.2, 0.25) is 0 Å². The van der Waals surface area contributed by atoms with Gasteiger partial charge in [-0.25, -0.2) is 9.36 Å². The third-order valence-electron chi connectivity index (χ3n) is 7.24. The first-order chi connectivity index (χ1) is 14.5. The third-order valence-corrected chi connectivity index (χ3v) is 7.24. The van der Waals surface area contributed by atoms with Crippen LogP contribution in [0.2, 0.25) is 0 Å². The van der Waals surface area contributed by atoms with Gasteiger partial charge < -0.3 is 14.2 Å². The van der Waals surface area contributed by atoms with E-state index in [1.165, 1.54) is 14.2 Å². The molecule has 2 bridgehead atoms. The minimum atomic E-state index is -0.543. The minimum absolute atomic E-state index is 0.0850. The van der Waals surface area contributed by atoms with Crippen LogP contribution in [0.3, 0.4) is 0 Å². The smallest absolute Gasteiger partial charge is 0.418 e. The first-order valence-corrected chi connectivity index (χ1v) is 10.7. The molecule has 1 unspecified atom stereocenters. The molecule has 30 heavy (non-hydrogen) atoms. The molecule has 7 nitrogen and oxygen atoms in total. The van der Waals surface area contributed by atoms with E-state index in [4.69, 9.17) is 14.2 Å². The van der Waals surface area contributed by atoms with Crippen LogP contribution in [0.5, 0.6) is 0 Å². The molecule has 0 aliphatic carbocycles. The van der Waals surface area contributed by atoms with Gasteiger partial charge in [0.25, 0.3) is 0 Å². The average Bonchev–Trinajstić information content (AvgIpc) is 3.41. The summed E-state index contributed by atoms with van der Waals surface area (Å²) in [6, 6.07) is 7.81. The number of carbonyl (C=O) groups is 2. The van der Waals surface area contributed by atoms with Gasteiger partial charge in [0.1, 0.15) is 5.60 Å². The normalized spacial score (nSPS) is 32.2. The number of carbonyl (C=O) groups excluding carboxylic acids is 2. The Kier molecular flexibility index (Phi) is 4.63. The number of epoxide rings is 1. The number of para-hydroxylation sites is 1. The maximum Gasteiger partial charge on any atom is 0.418 e. The fourth-order valence-electron chi connectivity index (χ4n) is 5.78. The Bertz CT molecular complexity index is 1010. The van der Waals surface area contributed by atoms with Crippen molar-refractivity contribution in [2.45, 2.75) is 43.8 Å². The molecule has 0 amide bonds. The molecular formula is C23H28N2O5. The molecule has 4 heterocycles. The van der Waals surface area contributed by atoms with Crippen LogP contribution in [-0.2, 0) is 25.4 Å². The number of rotatable bonds is 2. The van der Waals surface area contributed by atoms with Crippen molar-refractivity contribution in [3.8, 4) is 0 Å². The molecule has 7 heteroatoms. The van der Waals surface area contributed by atoms with Crippen LogP contribution in [0, 0.1) is 5.92 Å². The van der Waals surface area contributed by atoms with E-state index in [1.54, 1.807) is 4.57 Å². The standard InChI is InChI=1S/C23H28N2O5/c1-4-23-13-24-10-9-16-15-7-5-6-8-18(15)25(22(27)29-3)19(16)17(21(26)28-2)11-14(12-24)20(23)30-23/h5-8,14,17,20H,4,9-13H2,1-3H3/t14-,17-,20+,23-/m0/s1. The quantitative estimate of drug-likeness (QED) is 0.558. The summed E-state index contributed by atoms with van der Waals surface area (Å²) < 4.78 is 18.1. The summed E-state index contributed by atoms with van der Waals surface area (Å²) in [5.74, 6) is -0.637. The molecule has 0 saturated carbocycles. The number of ether oxygens (including phenoxy) is 3. The molecule has 5 atom stereocenters. The van der Waals surface area contributed by atoms with Gasteiger partial charge in [0, 0.05) is 36.6 Å². The zero-order valence-electron chi connectivity index (χ0n) is 17.7. The van der Waals surface area contributed by atoms with Crippen molar-refractivity contribution in [1.82, 2.24) is 9.47 Å². The lowest BCUT2D eigenvalue weighted by Crippen LogP contribution is -2.47. The van der Waals surface area contributed by atoms with Crippen LogP contribution in [0.1, 0.15) is 36.9 Å². The zero-order valence-corrected chi connectivity index (χ0v) is 17.7. The number of hydrogen-bond acceptors (Lipinski definition) is 6. The summed E-state index contributed by atoms with van der Waals surface area (Å²) in [6.45, 7) is 4.87. The van der Waals surface area contributed by atoms with E-state index in [2.05, 4.69) is 11.8 Å². The summed E-state index contributed by atoms with van der Waals surface area (Å²) in [6.07, 6.45) is 2.01. The lowest BCUT2D eigenvalue weighted by Gasteiger charge is -2.34. The fraction of sp³-hybridized carbons (Fsp3) is 0.565. The van der Waals surface area contributed by atoms with Gasteiger partial charge in [-0.3, -0.25) is 9.69 Å². The van der Waals surface area contributed by atoms with E-state index in [-0.39, 0.29) is 23.6 Å². The highest BCUT2D eigenvalue weighted by atomic mass is 16.6. The van der Waals surface area contributed by atoms with Crippen molar-refractivity contribution < 1.29 is 23.8 Å². The van der Waals surface area contributed by atoms with E-state index < -0.39 is 12.0 Å². The number of fused-ring (bicyclic) bond motifs is 7. The fourth-order valence-corrected chi connectivity index (χ4v) is 5.78. The highest BCUT2D eigenvalue weighted by Crippen LogP contribution is 2.51. The molecule has 2 aromatic rings. The molecule has 2 saturated heterocycles. The van der Waals surface area contributed by atoms with Crippen LogP contribution < -0.4 is 0 Å². The van der Waals surface area contributed by atoms with Crippen molar-refractivity contribution in [2.75, 3.05) is 33.9 Å². The van der Waals surface area contributed by atoms with Gasteiger partial charge in [-0.2, -0.15) is 0 Å². The second-order valence-electron chi connectivity index (χ2n) is 8.70. The van der Waals surface area contributed by atoms with E-state index >= 15 is 0 Å². The maximum absolute atomic E-state index is 13.0. The highest BCUT2D eigenvalue weighted by Gasteiger charge is 2.62. The van der Waals surface area contributed by atoms with Gasteiger partial charge >= 0.3 is 12.1 Å². The maximum atomic E-state index is 13.0. The first-order valence-electron chi connectivity index (χ1n) is 10.7. The van der Waals surface area contributed by atoms with Crippen molar-refractivity contribution in [3.05, 3.63) is 35.5 Å². The number of nitrogens with zero attached hydrogens (tertiary/aromatic N) is 2. The van der Waals surface area contributed by atoms with Gasteiger partial charge in [0.05, 0.1) is 31.8 Å². The zero-order chi connectivity index (χ0) is 21.0. The molecule has 1 aromatic carbocycles. The average molecular weight is 412 g/mol. The monoisotopic (exact) mass is 412 g/mol. The molecule has 3 aliphatic rings.